The van der Waals surface area contributed by atoms with Crippen LogP contribution in [0.15, 0.2) is 30.6 Å². The van der Waals surface area contributed by atoms with Crippen LogP contribution in [0.25, 0.3) is 22.4 Å². The van der Waals surface area contributed by atoms with Crippen molar-refractivity contribution in [3.8, 4) is 17.1 Å². The minimum absolute atomic E-state index is 0.818. The number of fused-ring (bicyclic) bond motifs is 1. The lowest BCUT2D eigenvalue weighted by Gasteiger charge is -2.00. The molecule has 3 aromatic rings. The molecule has 0 saturated heterocycles. The largest absolute Gasteiger partial charge is 0.497 e. The smallest absolute Gasteiger partial charge is 0.144 e. The average Bonchev–Trinajstić information content (AvgIpc) is 2.93. The van der Waals surface area contributed by atoms with E-state index < -0.39 is 0 Å². The molecule has 2 aromatic heterocycles. The number of aromatic nitrogens is 4. The number of hydrogen-bond acceptors (Lipinski definition) is 3. The van der Waals surface area contributed by atoms with Gasteiger partial charge in [0.2, 0.25) is 0 Å². The van der Waals surface area contributed by atoms with E-state index in [1.54, 1.807) is 11.8 Å². The van der Waals surface area contributed by atoms with Crippen LogP contribution in [0, 0.1) is 0 Å². The van der Waals surface area contributed by atoms with Gasteiger partial charge in [-0.1, -0.05) is 0 Å². The van der Waals surface area contributed by atoms with Crippen LogP contribution in [-0.4, -0.2) is 26.4 Å². The first-order chi connectivity index (χ1) is 8.69. The molecule has 0 bridgehead atoms. The van der Waals surface area contributed by atoms with Crippen LogP contribution < -0.4 is 4.74 Å². The number of methoxy groups -OCH3 is 1. The summed E-state index contributed by atoms with van der Waals surface area (Å²) in [6.07, 6.45) is 3.77. The normalized spacial score (nSPS) is 11.1. The minimum atomic E-state index is 0.818. The highest BCUT2D eigenvalue weighted by Gasteiger charge is 2.11. The zero-order valence-corrected chi connectivity index (χ0v) is 10.6. The van der Waals surface area contributed by atoms with Crippen LogP contribution in [-0.2, 0) is 14.1 Å². The van der Waals surface area contributed by atoms with Gasteiger partial charge in [-0.05, 0) is 12.1 Å². The molecule has 0 aliphatic carbocycles. The summed E-state index contributed by atoms with van der Waals surface area (Å²) in [5, 5.41) is 4.18. The first-order valence-corrected chi connectivity index (χ1v) is 5.68. The maximum atomic E-state index is 5.22. The quantitative estimate of drug-likeness (QED) is 0.690. The van der Waals surface area contributed by atoms with Crippen molar-refractivity contribution in [1.29, 1.82) is 0 Å². The van der Waals surface area contributed by atoms with Crippen molar-refractivity contribution in [3.05, 3.63) is 30.6 Å². The molecule has 0 amide bonds. The molecule has 0 unspecified atom stereocenters. The molecular formula is C13H14N4O. The maximum absolute atomic E-state index is 5.22. The third kappa shape index (κ3) is 1.55. The molecule has 0 N–H and O–H groups in total. The summed E-state index contributed by atoms with van der Waals surface area (Å²) in [5.74, 6) is 1.73. The molecule has 5 nitrogen and oxygen atoms in total. The second kappa shape index (κ2) is 3.87. The summed E-state index contributed by atoms with van der Waals surface area (Å²) in [4.78, 5) is 4.63. The SMILES string of the molecule is COc1ccc2c(c1)nc(-c1cnn(C)c1)n2C. The molecule has 2 heterocycles. The van der Waals surface area contributed by atoms with Gasteiger partial charge in [0, 0.05) is 26.4 Å². The average molecular weight is 242 g/mol. The zero-order chi connectivity index (χ0) is 12.7. The Balaban J connectivity index is 2.22. The molecule has 3 rings (SSSR count). The number of rotatable bonds is 2. The molecule has 1 aromatic carbocycles. The fourth-order valence-corrected chi connectivity index (χ4v) is 2.10. The lowest BCUT2D eigenvalue weighted by Crippen LogP contribution is -1.91. The predicted molar refractivity (Wildman–Crippen MR) is 69.5 cm³/mol. The fourth-order valence-electron chi connectivity index (χ4n) is 2.10. The highest BCUT2D eigenvalue weighted by atomic mass is 16.5. The number of ether oxygens (including phenoxy) is 1. The van der Waals surface area contributed by atoms with Crippen LogP contribution in [0.2, 0.25) is 0 Å². The Bertz CT molecular complexity index is 711. The maximum Gasteiger partial charge on any atom is 0.144 e. The van der Waals surface area contributed by atoms with Gasteiger partial charge in [-0.3, -0.25) is 4.68 Å². The van der Waals surface area contributed by atoms with E-state index in [1.807, 2.05) is 44.7 Å². The first kappa shape index (κ1) is 10.8. The van der Waals surface area contributed by atoms with Gasteiger partial charge >= 0.3 is 0 Å². The van der Waals surface area contributed by atoms with Crippen molar-refractivity contribution in [2.45, 2.75) is 0 Å². The second-order valence-electron chi connectivity index (χ2n) is 4.25. The zero-order valence-electron chi connectivity index (χ0n) is 10.6. The van der Waals surface area contributed by atoms with E-state index in [1.165, 1.54) is 0 Å². The van der Waals surface area contributed by atoms with Gasteiger partial charge in [-0.2, -0.15) is 5.10 Å². The van der Waals surface area contributed by atoms with Gasteiger partial charge < -0.3 is 9.30 Å². The Hall–Kier alpha value is -2.30. The summed E-state index contributed by atoms with van der Waals surface area (Å²) >= 11 is 0. The Kier molecular flexibility index (Phi) is 2.33. The molecule has 0 atom stereocenters. The second-order valence-corrected chi connectivity index (χ2v) is 4.25. The standard InChI is InChI=1S/C13H14N4O/c1-16-8-9(7-14-16)13-15-11-6-10(18-3)4-5-12(11)17(13)2/h4-8H,1-3H3. The molecule has 0 fully saturated rings. The molecule has 0 saturated carbocycles. The monoisotopic (exact) mass is 242 g/mol. The Morgan fingerprint density at radius 3 is 2.72 bits per heavy atom. The molecule has 0 aliphatic heterocycles. The van der Waals surface area contributed by atoms with Gasteiger partial charge in [0.1, 0.15) is 11.6 Å². The minimum Gasteiger partial charge on any atom is -0.497 e. The third-order valence-corrected chi connectivity index (χ3v) is 3.05. The summed E-state index contributed by atoms with van der Waals surface area (Å²) in [6.45, 7) is 0. The summed E-state index contributed by atoms with van der Waals surface area (Å²) in [5.41, 5.74) is 3.01. The van der Waals surface area contributed by atoms with Gasteiger partial charge in [-0.15, -0.1) is 0 Å². The number of hydrogen-bond donors (Lipinski definition) is 0. The van der Waals surface area contributed by atoms with E-state index in [2.05, 4.69) is 14.6 Å². The van der Waals surface area contributed by atoms with E-state index in [0.29, 0.717) is 0 Å². The molecule has 0 radical (unpaired) electrons. The van der Waals surface area contributed by atoms with Gasteiger partial charge in [-0.25, -0.2) is 4.98 Å². The van der Waals surface area contributed by atoms with Crippen molar-refractivity contribution >= 4 is 11.0 Å². The van der Waals surface area contributed by atoms with Crippen LogP contribution in [0.3, 0.4) is 0 Å². The number of aryl methyl sites for hydroxylation is 2. The van der Waals surface area contributed by atoms with E-state index in [9.17, 15) is 0 Å². The van der Waals surface area contributed by atoms with E-state index in [-0.39, 0.29) is 0 Å². The lowest BCUT2D eigenvalue weighted by molar-refractivity contribution is 0.415. The molecule has 92 valence electrons. The van der Waals surface area contributed by atoms with Crippen molar-refractivity contribution in [1.82, 2.24) is 19.3 Å². The number of imidazole rings is 1. The predicted octanol–water partition coefficient (Wildman–Crippen LogP) is 1.98. The number of benzene rings is 1. The van der Waals surface area contributed by atoms with E-state index >= 15 is 0 Å². The van der Waals surface area contributed by atoms with Crippen LogP contribution in [0.1, 0.15) is 0 Å². The van der Waals surface area contributed by atoms with Crippen LogP contribution in [0.5, 0.6) is 5.75 Å². The van der Waals surface area contributed by atoms with Gasteiger partial charge in [0.15, 0.2) is 0 Å². The fraction of sp³-hybridized carbons (Fsp3) is 0.231. The first-order valence-electron chi connectivity index (χ1n) is 5.68. The highest BCUT2D eigenvalue weighted by Crippen LogP contribution is 2.25. The summed E-state index contributed by atoms with van der Waals surface area (Å²) < 4.78 is 9.05. The molecule has 0 spiro atoms. The van der Waals surface area contributed by atoms with Crippen molar-refractivity contribution in [3.63, 3.8) is 0 Å². The van der Waals surface area contributed by atoms with Gasteiger partial charge in [0.25, 0.3) is 0 Å². The molecule has 0 aliphatic rings. The molecule has 18 heavy (non-hydrogen) atoms. The summed E-state index contributed by atoms with van der Waals surface area (Å²) in [6, 6.07) is 5.90. The topological polar surface area (TPSA) is 44.9 Å². The highest BCUT2D eigenvalue weighted by molar-refractivity contribution is 5.81. The summed E-state index contributed by atoms with van der Waals surface area (Å²) in [7, 11) is 5.56. The van der Waals surface area contributed by atoms with E-state index in [0.717, 1.165) is 28.2 Å². The molecule has 5 heteroatoms. The van der Waals surface area contributed by atoms with Crippen LogP contribution >= 0.6 is 0 Å². The Labute approximate surface area is 105 Å². The Morgan fingerprint density at radius 2 is 2.06 bits per heavy atom. The number of nitrogens with zero attached hydrogens (tertiary/aromatic N) is 4. The van der Waals surface area contributed by atoms with Crippen LogP contribution in [0.4, 0.5) is 0 Å². The Morgan fingerprint density at radius 1 is 1.22 bits per heavy atom. The van der Waals surface area contributed by atoms with Crippen molar-refractivity contribution < 1.29 is 4.74 Å². The molecular weight excluding hydrogens is 228 g/mol. The van der Waals surface area contributed by atoms with Gasteiger partial charge in [0.05, 0.1) is 29.9 Å². The van der Waals surface area contributed by atoms with E-state index in [4.69, 9.17) is 4.74 Å². The van der Waals surface area contributed by atoms with Crippen molar-refractivity contribution in [2.75, 3.05) is 7.11 Å². The third-order valence-electron chi connectivity index (χ3n) is 3.05. The lowest BCUT2D eigenvalue weighted by atomic mass is 10.3. The van der Waals surface area contributed by atoms with Crippen molar-refractivity contribution in [2.24, 2.45) is 14.1 Å².